The molecule has 0 fully saturated rings. The number of fused-ring (bicyclic) bond motifs is 1. The number of carbonyl (C=O) groups is 1. The predicted molar refractivity (Wildman–Crippen MR) is 134 cm³/mol. The lowest BCUT2D eigenvalue weighted by molar-refractivity contribution is -0.137. The lowest BCUT2D eigenvalue weighted by Gasteiger charge is -2.12. The van der Waals surface area contributed by atoms with Gasteiger partial charge in [0.15, 0.2) is 0 Å². The smallest absolute Gasteiger partial charge is 0.308 e. The van der Waals surface area contributed by atoms with Crippen LogP contribution in [0.25, 0.3) is 27.7 Å². The molecule has 0 saturated carbocycles. The molecule has 0 radical (unpaired) electrons. The number of hydrogen-bond acceptors (Lipinski definition) is 4. The van der Waals surface area contributed by atoms with Crippen LogP contribution in [0.1, 0.15) is 5.56 Å². The van der Waals surface area contributed by atoms with Crippen LogP contribution in [-0.4, -0.2) is 25.6 Å². The van der Waals surface area contributed by atoms with Crippen molar-refractivity contribution in [3.05, 3.63) is 101 Å². The van der Waals surface area contributed by atoms with Crippen LogP contribution in [0.4, 0.5) is 29.3 Å². The van der Waals surface area contributed by atoms with E-state index in [4.69, 9.17) is 0 Å². The lowest BCUT2D eigenvalue weighted by Crippen LogP contribution is -2.22. The molecular weight excluding hydrogens is 485 g/mol. The van der Waals surface area contributed by atoms with E-state index in [1.165, 1.54) is 16.8 Å². The molecule has 11 heteroatoms. The summed E-state index contributed by atoms with van der Waals surface area (Å²) in [5.41, 5.74) is 0.987. The molecule has 0 aliphatic heterocycles. The molecule has 2 aromatic heterocycles. The molecule has 186 valence electrons. The molecule has 0 aliphatic carbocycles. The molecule has 0 atom stereocenters. The van der Waals surface area contributed by atoms with E-state index < -0.39 is 17.8 Å². The van der Waals surface area contributed by atoms with E-state index >= 15 is 0 Å². The first-order valence-electron chi connectivity index (χ1n) is 11.1. The van der Waals surface area contributed by atoms with Crippen LogP contribution < -0.4 is 16.2 Å². The lowest BCUT2D eigenvalue weighted by atomic mass is 10.1. The molecule has 0 bridgehead atoms. The summed E-state index contributed by atoms with van der Waals surface area (Å²) in [5.74, 6) is 0. The van der Waals surface area contributed by atoms with Crippen LogP contribution in [0.15, 0.2) is 90.0 Å². The van der Waals surface area contributed by atoms with Crippen molar-refractivity contribution in [3.63, 3.8) is 0 Å². The Kier molecular flexibility index (Phi) is 5.96. The fraction of sp³-hybridized carbons (Fsp3) is 0.0769. The van der Waals surface area contributed by atoms with Gasteiger partial charge in [-0.1, -0.05) is 24.3 Å². The summed E-state index contributed by atoms with van der Waals surface area (Å²) >= 11 is 0. The summed E-state index contributed by atoms with van der Waals surface area (Å²) in [6.45, 7) is 0. The van der Waals surface area contributed by atoms with Gasteiger partial charge in [0, 0.05) is 35.6 Å². The number of alkyl halides is 3. The minimum Gasteiger partial charge on any atom is -0.308 e. The quantitative estimate of drug-likeness (QED) is 0.340. The first-order chi connectivity index (χ1) is 17.7. The average molecular weight is 504 g/mol. The molecule has 3 aromatic carbocycles. The van der Waals surface area contributed by atoms with Gasteiger partial charge in [-0.3, -0.25) is 9.48 Å². The largest absolute Gasteiger partial charge is 0.416 e. The number of hydrogen-bond donors (Lipinski definition) is 2. The maximum Gasteiger partial charge on any atom is 0.416 e. The average Bonchev–Trinajstić information content (AvgIpc) is 3.30. The number of halogens is 3. The number of nitrogens with one attached hydrogen (secondary N) is 2. The molecule has 0 aliphatic rings. The molecule has 2 heterocycles. The zero-order valence-electron chi connectivity index (χ0n) is 19.3. The molecule has 8 nitrogen and oxygen atoms in total. The second-order valence-corrected chi connectivity index (χ2v) is 8.22. The third-order valence-corrected chi connectivity index (χ3v) is 5.60. The van der Waals surface area contributed by atoms with Gasteiger partial charge in [0.05, 0.1) is 22.8 Å². The van der Waals surface area contributed by atoms with E-state index in [2.05, 4.69) is 20.8 Å². The number of aryl methyl sites for hydroxylation is 1. The van der Waals surface area contributed by atoms with Gasteiger partial charge in [0.1, 0.15) is 5.69 Å². The number of anilines is 2. The maximum atomic E-state index is 13.2. The molecule has 0 spiro atoms. The highest BCUT2D eigenvalue weighted by molar-refractivity contribution is 6.00. The van der Waals surface area contributed by atoms with Crippen molar-refractivity contribution in [1.82, 2.24) is 19.6 Å². The van der Waals surface area contributed by atoms with Crippen LogP contribution in [0, 0.1) is 0 Å². The predicted octanol–water partition coefficient (Wildman–Crippen LogP) is 5.45. The van der Waals surface area contributed by atoms with E-state index in [0.29, 0.717) is 27.8 Å². The van der Waals surface area contributed by atoms with Gasteiger partial charge in [-0.05, 0) is 48.5 Å². The monoisotopic (exact) mass is 504 g/mol. The normalized spacial score (nSPS) is 11.5. The third kappa shape index (κ3) is 4.92. The Morgan fingerprint density at radius 3 is 2.27 bits per heavy atom. The zero-order valence-corrected chi connectivity index (χ0v) is 19.3. The second-order valence-electron chi connectivity index (χ2n) is 8.22. The van der Waals surface area contributed by atoms with E-state index in [9.17, 15) is 22.8 Å². The number of rotatable bonds is 4. The van der Waals surface area contributed by atoms with Crippen molar-refractivity contribution in [2.75, 3.05) is 10.6 Å². The highest BCUT2D eigenvalue weighted by Gasteiger charge is 2.30. The van der Waals surface area contributed by atoms with Gasteiger partial charge in [-0.15, -0.1) is 0 Å². The molecular formula is C26H19F3N6O2. The summed E-state index contributed by atoms with van der Waals surface area (Å²) in [6, 6.07) is 17.1. The number of carbonyl (C=O) groups excluding carboxylic acids is 1. The minimum absolute atomic E-state index is 0.00112. The summed E-state index contributed by atoms with van der Waals surface area (Å²) in [7, 11) is 1.79. The standard InChI is InChI=1S/C26H19F3N6O2/c1-34-15-16(14-30-34)23-21-7-2-3-8-22(21)24(36)35(33-23)20-11-9-18(10-12-20)31-25(37)32-19-6-4-5-17(13-19)26(27,28)29/h2-15H,1H3,(H2,31,32,37). The topological polar surface area (TPSA) is 93.8 Å². The Morgan fingerprint density at radius 2 is 1.59 bits per heavy atom. The molecule has 2 amide bonds. The summed E-state index contributed by atoms with van der Waals surface area (Å²) in [5, 5.41) is 14.9. The number of aromatic nitrogens is 4. The first kappa shape index (κ1) is 23.8. The van der Waals surface area contributed by atoms with Crippen molar-refractivity contribution < 1.29 is 18.0 Å². The highest BCUT2D eigenvalue weighted by Crippen LogP contribution is 2.30. The maximum absolute atomic E-state index is 13.2. The van der Waals surface area contributed by atoms with E-state index in [-0.39, 0.29) is 11.2 Å². The minimum atomic E-state index is -4.52. The number of amides is 2. The van der Waals surface area contributed by atoms with Crippen molar-refractivity contribution in [3.8, 4) is 16.9 Å². The highest BCUT2D eigenvalue weighted by atomic mass is 19.4. The third-order valence-electron chi connectivity index (χ3n) is 5.60. The van der Waals surface area contributed by atoms with Gasteiger partial charge in [0.2, 0.25) is 0 Å². The SMILES string of the molecule is Cn1cc(-c2nn(-c3ccc(NC(=O)Nc4cccc(C(F)(F)F)c4)cc3)c(=O)c3ccccc23)cn1. The Balaban J connectivity index is 1.41. The molecule has 37 heavy (non-hydrogen) atoms. The number of urea groups is 1. The molecule has 5 aromatic rings. The van der Waals surface area contributed by atoms with E-state index in [0.717, 1.165) is 17.7 Å². The van der Waals surface area contributed by atoms with E-state index in [1.807, 2.05) is 12.1 Å². The zero-order chi connectivity index (χ0) is 26.2. The molecule has 0 unspecified atom stereocenters. The Bertz CT molecular complexity index is 1670. The van der Waals surface area contributed by atoms with Gasteiger partial charge in [0.25, 0.3) is 5.56 Å². The molecule has 5 rings (SSSR count). The van der Waals surface area contributed by atoms with Crippen molar-refractivity contribution in [2.24, 2.45) is 7.05 Å². The Hall–Kier alpha value is -4.93. The first-order valence-corrected chi connectivity index (χ1v) is 11.1. The second kappa shape index (κ2) is 9.26. The van der Waals surface area contributed by atoms with Gasteiger partial charge >= 0.3 is 12.2 Å². The Morgan fingerprint density at radius 1 is 0.892 bits per heavy atom. The molecule has 0 saturated heterocycles. The number of nitrogens with zero attached hydrogens (tertiary/aromatic N) is 4. The van der Waals surface area contributed by atoms with Gasteiger partial charge in [-0.2, -0.15) is 28.1 Å². The summed E-state index contributed by atoms with van der Waals surface area (Å²) in [4.78, 5) is 25.5. The summed E-state index contributed by atoms with van der Waals surface area (Å²) in [6.07, 6.45) is -1.05. The summed E-state index contributed by atoms with van der Waals surface area (Å²) < 4.78 is 41.6. The van der Waals surface area contributed by atoms with E-state index in [1.54, 1.807) is 60.5 Å². The van der Waals surface area contributed by atoms with Gasteiger partial charge in [-0.25, -0.2) is 4.79 Å². The van der Waals surface area contributed by atoms with Crippen LogP contribution >= 0.6 is 0 Å². The van der Waals surface area contributed by atoms with Crippen molar-refractivity contribution in [1.29, 1.82) is 0 Å². The van der Waals surface area contributed by atoms with Crippen LogP contribution in [0.2, 0.25) is 0 Å². The number of benzene rings is 3. The van der Waals surface area contributed by atoms with Crippen LogP contribution in [-0.2, 0) is 13.2 Å². The Labute approximate surface area is 208 Å². The fourth-order valence-electron chi connectivity index (χ4n) is 3.87. The van der Waals surface area contributed by atoms with Gasteiger partial charge < -0.3 is 10.6 Å². The van der Waals surface area contributed by atoms with Crippen molar-refractivity contribution in [2.45, 2.75) is 6.18 Å². The fourth-order valence-corrected chi connectivity index (χ4v) is 3.87. The van der Waals surface area contributed by atoms with Crippen molar-refractivity contribution >= 4 is 28.2 Å². The van der Waals surface area contributed by atoms with Crippen LogP contribution in [0.3, 0.4) is 0 Å². The van der Waals surface area contributed by atoms with Crippen LogP contribution in [0.5, 0.6) is 0 Å². The molecule has 2 N–H and O–H groups in total.